The Morgan fingerprint density at radius 3 is 0.417 bits per heavy atom. The van der Waals surface area contributed by atoms with Gasteiger partial charge in [0, 0.05) is 70.6 Å². The highest BCUT2D eigenvalue weighted by atomic mass is 16.4. The van der Waals surface area contributed by atoms with Crippen molar-refractivity contribution in [3.05, 3.63) is 0 Å². The van der Waals surface area contributed by atoms with E-state index in [9.17, 15) is 57.5 Å². The maximum absolute atomic E-state index is 10.1. The van der Waals surface area contributed by atoms with Crippen molar-refractivity contribution in [2.75, 3.05) is 0 Å². The van der Waals surface area contributed by atoms with Gasteiger partial charge in [-0.2, -0.15) is 0 Å². The normalized spacial score (nSPS) is 10.1. The van der Waals surface area contributed by atoms with Crippen molar-refractivity contribution in [3.8, 4) is 0 Å². The van der Waals surface area contributed by atoms with Crippen LogP contribution in [-0.2, 0) is 57.5 Å². The first-order valence-corrected chi connectivity index (χ1v) is 24.0. The summed E-state index contributed by atoms with van der Waals surface area (Å²) in [6.45, 7) is 0. The Bertz CT molecular complexity index is 1330. The molecule has 25 nitrogen and oxygen atoms in total. The average molecular weight is 1050 g/mol. The number of unbranched alkanes of at least 4 members (excludes halogenated alkanes) is 17. The molecule has 0 aromatic carbocycles. The summed E-state index contributed by atoms with van der Waals surface area (Å²) in [5, 5.41) is 107. The highest BCUT2D eigenvalue weighted by Crippen LogP contribution is 2.10. The second-order valence-electron chi connectivity index (χ2n) is 16.0. The summed E-state index contributed by atoms with van der Waals surface area (Å²) >= 11 is 0. The van der Waals surface area contributed by atoms with E-state index >= 15 is 0 Å². The topological polar surface area (TPSA) is 468 Å². The molecule has 0 aliphatic rings. The van der Waals surface area contributed by atoms with Gasteiger partial charge in [0.2, 0.25) is 0 Å². The van der Waals surface area contributed by atoms with Crippen LogP contribution in [0.25, 0.3) is 0 Å². The van der Waals surface area contributed by atoms with Crippen molar-refractivity contribution in [3.63, 3.8) is 0 Å². The number of hydrogen-bond donors (Lipinski definition) is 13. The minimum Gasteiger partial charge on any atom is -0.481 e. The molecule has 0 aromatic heterocycles. The molecule has 0 saturated carbocycles. The molecule has 0 aliphatic heterocycles. The van der Waals surface area contributed by atoms with Gasteiger partial charge in [-0.25, -0.2) is 4.79 Å². The molecule has 0 rings (SSSR count). The van der Waals surface area contributed by atoms with Crippen LogP contribution in [0.2, 0.25) is 0 Å². The summed E-state index contributed by atoms with van der Waals surface area (Å²) in [5.74, 6) is -10.3. The number of aliphatic carboxylic acids is 12. The van der Waals surface area contributed by atoms with Crippen LogP contribution in [-0.4, -0.2) is 144 Å². The van der Waals surface area contributed by atoms with Crippen molar-refractivity contribution in [2.24, 2.45) is 0 Å². The first-order chi connectivity index (χ1) is 33.7. The average Bonchev–Trinajstić information content (AvgIpc) is 3.26. The summed E-state index contributed by atoms with van der Waals surface area (Å²) < 4.78 is 0. The first-order valence-electron chi connectivity index (χ1n) is 24.0. The van der Waals surface area contributed by atoms with E-state index < -0.39 is 77.7 Å². The predicted octanol–water partition coefficient (Wildman–Crippen LogP) is 7.56. The van der Waals surface area contributed by atoms with Gasteiger partial charge in [0.15, 0.2) is 6.10 Å². The number of aliphatic hydroxyl groups excluding tert-OH is 1. The van der Waals surface area contributed by atoms with Crippen LogP contribution in [0.1, 0.15) is 218 Å². The van der Waals surface area contributed by atoms with Crippen LogP contribution in [0.15, 0.2) is 0 Å². The lowest BCUT2D eigenvalue weighted by Gasteiger charge is -2.00. The van der Waals surface area contributed by atoms with Gasteiger partial charge in [-0.1, -0.05) is 77.0 Å². The Balaban J connectivity index is -0.000000182. The Morgan fingerprint density at radius 2 is 0.306 bits per heavy atom. The van der Waals surface area contributed by atoms with Crippen molar-refractivity contribution in [1.29, 1.82) is 0 Å². The van der Waals surface area contributed by atoms with E-state index in [0.717, 1.165) is 103 Å². The number of carboxylic acids is 12. The summed E-state index contributed by atoms with van der Waals surface area (Å²) in [6, 6.07) is 0. The van der Waals surface area contributed by atoms with E-state index in [-0.39, 0.29) is 77.0 Å². The zero-order valence-electron chi connectivity index (χ0n) is 41.3. The molecule has 420 valence electrons. The van der Waals surface area contributed by atoms with Crippen molar-refractivity contribution >= 4 is 71.6 Å². The van der Waals surface area contributed by atoms with Crippen LogP contribution >= 0.6 is 0 Å². The predicted molar refractivity (Wildman–Crippen MR) is 255 cm³/mol. The van der Waals surface area contributed by atoms with Gasteiger partial charge < -0.3 is 66.4 Å². The number of aliphatic hydroxyl groups is 1. The molecule has 0 spiro atoms. The molecule has 0 amide bonds. The molecule has 0 aliphatic carbocycles. The minimum atomic E-state index is -1.56. The lowest BCUT2D eigenvalue weighted by molar-refractivity contribution is -0.148. The quantitative estimate of drug-likeness (QED) is 0.0263. The van der Waals surface area contributed by atoms with Gasteiger partial charge >= 0.3 is 71.6 Å². The molecule has 0 aromatic rings. The zero-order chi connectivity index (χ0) is 56.5. The number of rotatable bonds is 41. The van der Waals surface area contributed by atoms with E-state index in [1.165, 1.54) is 0 Å². The molecule has 0 heterocycles. The first kappa shape index (κ1) is 77.1. The fourth-order valence-electron chi connectivity index (χ4n) is 5.27. The van der Waals surface area contributed by atoms with Crippen molar-refractivity contribution < 1.29 is 124 Å². The van der Waals surface area contributed by atoms with Gasteiger partial charge in [0.05, 0.1) is 0 Å². The second kappa shape index (κ2) is 58.9. The Morgan fingerprint density at radius 1 is 0.194 bits per heavy atom. The molecule has 0 fully saturated rings. The molecule has 1 atom stereocenters. The SMILES string of the molecule is O=C(O)CCC(O)C(=O)O.O=C(O)CCCCC(=O)O.O=C(O)CCCCCCC(=O)O.O=C(O)CCCCCCC(=O)O.O=C(O)CCCCCCCCC(=O)O.O=C(O)CCCCCCCCC(=O)O. The molecular formula is C47H82O25. The Kier molecular flexibility index (Phi) is 63.1. The molecule has 0 bridgehead atoms. The number of carboxylic acid groups (broad SMARTS) is 12. The van der Waals surface area contributed by atoms with Crippen LogP contribution in [0, 0.1) is 0 Å². The van der Waals surface area contributed by atoms with E-state index in [1.54, 1.807) is 0 Å². The molecule has 0 radical (unpaired) electrons. The maximum Gasteiger partial charge on any atom is 0.332 e. The minimum absolute atomic E-state index is 0.0628. The lowest BCUT2D eigenvalue weighted by atomic mass is 10.1. The third-order valence-electron chi connectivity index (χ3n) is 9.07. The molecule has 13 N–H and O–H groups in total. The number of hydrogen-bond acceptors (Lipinski definition) is 13. The number of carbonyl (C=O) groups is 12. The van der Waals surface area contributed by atoms with Gasteiger partial charge in [-0.05, 0) is 70.6 Å². The third-order valence-corrected chi connectivity index (χ3v) is 9.07. The van der Waals surface area contributed by atoms with Gasteiger partial charge in [0.1, 0.15) is 0 Å². The smallest absolute Gasteiger partial charge is 0.332 e. The summed E-state index contributed by atoms with van der Waals surface area (Å²) in [4.78, 5) is 120. The van der Waals surface area contributed by atoms with Crippen LogP contribution in [0.5, 0.6) is 0 Å². The molecule has 72 heavy (non-hydrogen) atoms. The Labute approximate surface area is 419 Å². The lowest BCUT2D eigenvalue weighted by Crippen LogP contribution is -2.20. The van der Waals surface area contributed by atoms with Crippen molar-refractivity contribution in [2.45, 2.75) is 224 Å². The fourth-order valence-corrected chi connectivity index (χ4v) is 5.27. The maximum atomic E-state index is 10.1. The van der Waals surface area contributed by atoms with E-state index in [1.807, 2.05) is 0 Å². The van der Waals surface area contributed by atoms with E-state index in [4.69, 9.17) is 66.4 Å². The highest BCUT2D eigenvalue weighted by molar-refractivity contribution is 5.74. The summed E-state index contributed by atoms with van der Waals surface area (Å²) in [5.41, 5.74) is 0. The van der Waals surface area contributed by atoms with Gasteiger partial charge in [-0.3, -0.25) is 52.7 Å². The Hall–Kier alpha value is -6.40. The summed E-state index contributed by atoms with van der Waals surface area (Å²) in [6.07, 6.45) is 17.1. The van der Waals surface area contributed by atoms with Crippen molar-refractivity contribution in [1.82, 2.24) is 0 Å². The van der Waals surface area contributed by atoms with E-state index in [0.29, 0.717) is 38.5 Å². The largest absolute Gasteiger partial charge is 0.481 e. The second-order valence-corrected chi connectivity index (χ2v) is 16.0. The van der Waals surface area contributed by atoms with Crippen LogP contribution < -0.4 is 0 Å². The fraction of sp³-hybridized carbons (Fsp3) is 0.745. The third kappa shape index (κ3) is 101. The molecule has 25 heteroatoms. The standard InChI is InChI=1S/2C10H18O4.2C8H14O4.C6H10O4.C5H8O5/c2*11-9(12)7-5-3-1-2-4-6-8-10(13)14;2*9-7(10)5-3-1-2-4-6-8(11)12;7-5(8)3-1-2-4-6(9)10;6-3(5(9)10)1-2-4(7)8/h2*1-8H2,(H,11,12)(H,13,14);2*1-6H2,(H,9,10)(H,11,12);1-4H2,(H,7,8)(H,9,10);3,6H,1-2H2,(H,7,8)(H,9,10). The molecule has 0 saturated heterocycles. The zero-order valence-corrected chi connectivity index (χ0v) is 41.3. The summed E-state index contributed by atoms with van der Waals surface area (Å²) in [7, 11) is 0. The van der Waals surface area contributed by atoms with Gasteiger partial charge in [-0.15, -0.1) is 0 Å². The molecule has 1 unspecified atom stereocenters. The van der Waals surface area contributed by atoms with Gasteiger partial charge in [0.25, 0.3) is 0 Å². The van der Waals surface area contributed by atoms with Crippen LogP contribution in [0.4, 0.5) is 0 Å². The monoisotopic (exact) mass is 1050 g/mol. The van der Waals surface area contributed by atoms with Crippen LogP contribution in [0.3, 0.4) is 0 Å². The highest BCUT2D eigenvalue weighted by Gasteiger charge is 2.14. The molecular weight excluding hydrogens is 964 g/mol. The van der Waals surface area contributed by atoms with E-state index in [2.05, 4.69) is 0 Å².